The van der Waals surface area contributed by atoms with Crippen molar-refractivity contribution >= 4 is 27.5 Å². The second kappa shape index (κ2) is 8.86. The Morgan fingerprint density at radius 1 is 1.14 bits per heavy atom. The molecule has 1 N–H and O–H groups in total. The molecule has 1 unspecified atom stereocenters. The van der Waals surface area contributed by atoms with E-state index in [0.29, 0.717) is 31.0 Å². The van der Waals surface area contributed by atoms with E-state index < -0.39 is 10.0 Å². The normalized spacial score (nSPS) is 18.4. The van der Waals surface area contributed by atoms with Gasteiger partial charge in [-0.3, -0.25) is 4.79 Å². The number of hydrogen-bond acceptors (Lipinski definition) is 3. The number of carbonyl (C=O) groups excluding carboxylic acids is 1. The molecule has 0 aromatic heterocycles. The van der Waals surface area contributed by atoms with E-state index in [0.717, 1.165) is 5.56 Å². The molecule has 29 heavy (non-hydrogen) atoms. The Kier molecular flexibility index (Phi) is 6.66. The lowest BCUT2D eigenvalue weighted by Gasteiger charge is -2.32. The van der Waals surface area contributed by atoms with E-state index in [1.54, 1.807) is 30.3 Å². The average molecular weight is 435 g/mol. The minimum Gasteiger partial charge on any atom is -0.355 e. The van der Waals surface area contributed by atoms with Crippen molar-refractivity contribution in [1.29, 1.82) is 0 Å². The summed E-state index contributed by atoms with van der Waals surface area (Å²) in [5.41, 5.74) is 0.823. The lowest BCUT2D eigenvalue weighted by molar-refractivity contribution is -0.126. The molecule has 0 saturated carbocycles. The Bertz CT molecular complexity index is 944. The molecule has 1 fully saturated rings. The van der Waals surface area contributed by atoms with Crippen molar-refractivity contribution in [2.45, 2.75) is 37.0 Å². The summed E-state index contributed by atoms with van der Waals surface area (Å²) >= 11 is 5.96. The standard InChI is InChI=1S/C22H27ClN2O3S/c1-22(2,18-10-12-19(23)13-11-18)16-24-21(26)17-7-6-14-25(15-17)29(27,28)20-8-4-3-5-9-20/h3-5,8-13,17H,6-7,14-16H2,1-2H3,(H,24,26). The highest BCUT2D eigenvalue weighted by Gasteiger charge is 2.33. The van der Waals surface area contributed by atoms with Gasteiger partial charge in [0, 0.05) is 30.1 Å². The van der Waals surface area contributed by atoms with Gasteiger partial charge in [-0.25, -0.2) is 8.42 Å². The average Bonchev–Trinajstić information content (AvgIpc) is 2.73. The van der Waals surface area contributed by atoms with Crippen molar-refractivity contribution in [3.63, 3.8) is 0 Å². The summed E-state index contributed by atoms with van der Waals surface area (Å²) in [6.45, 7) is 5.24. The number of carbonyl (C=O) groups is 1. The Labute approximate surface area is 178 Å². The van der Waals surface area contributed by atoms with E-state index in [2.05, 4.69) is 19.2 Å². The third-order valence-corrected chi connectivity index (χ3v) is 7.60. The molecule has 1 amide bonds. The van der Waals surface area contributed by atoms with Crippen LogP contribution >= 0.6 is 11.6 Å². The first-order valence-corrected chi connectivity index (χ1v) is 11.6. The van der Waals surface area contributed by atoms with Crippen LogP contribution in [0.15, 0.2) is 59.5 Å². The zero-order valence-corrected chi connectivity index (χ0v) is 18.3. The number of piperidine rings is 1. The molecule has 1 saturated heterocycles. The van der Waals surface area contributed by atoms with Crippen LogP contribution in [0, 0.1) is 5.92 Å². The molecule has 0 bridgehead atoms. The molecule has 2 aromatic carbocycles. The molecular formula is C22H27ClN2O3S. The van der Waals surface area contributed by atoms with Crippen LogP contribution < -0.4 is 5.32 Å². The van der Waals surface area contributed by atoms with E-state index in [4.69, 9.17) is 11.6 Å². The van der Waals surface area contributed by atoms with Gasteiger partial charge in [-0.1, -0.05) is 55.8 Å². The first-order valence-electron chi connectivity index (χ1n) is 9.79. The maximum atomic E-state index is 12.9. The molecule has 156 valence electrons. The van der Waals surface area contributed by atoms with Crippen molar-refractivity contribution in [3.05, 3.63) is 65.2 Å². The van der Waals surface area contributed by atoms with Gasteiger partial charge in [-0.2, -0.15) is 4.31 Å². The fourth-order valence-corrected chi connectivity index (χ4v) is 5.24. The van der Waals surface area contributed by atoms with Crippen molar-refractivity contribution < 1.29 is 13.2 Å². The molecule has 0 aliphatic carbocycles. The van der Waals surface area contributed by atoms with Gasteiger partial charge in [-0.05, 0) is 42.7 Å². The highest BCUT2D eigenvalue weighted by molar-refractivity contribution is 7.89. The zero-order valence-electron chi connectivity index (χ0n) is 16.8. The van der Waals surface area contributed by atoms with Gasteiger partial charge in [0.15, 0.2) is 0 Å². The Morgan fingerprint density at radius 2 is 1.79 bits per heavy atom. The van der Waals surface area contributed by atoms with E-state index in [9.17, 15) is 13.2 Å². The lowest BCUT2D eigenvalue weighted by Crippen LogP contribution is -2.47. The van der Waals surface area contributed by atoms with Crippen LogP contribution in [0.1, 0.15) is 32.3 Å². The van der Waals surface area contributed by atoms with Gasteiger partial charge >= 0.3 is 0 Å². The summed E-state index contributed by atoms with van der Waals surface area (Å²) in [5.74, 6) is -0.441. The summed E-state index contributed by atoms with van der Waals surface area (Å²) in [6, 6.07) is 16.0. The highest BCUT2D eigenvalue weighted by Crippen LogP contribution is 2.26. The van der Waals surface area contributed by atoms with Crippen LogP contribution in [0.4, 0.5) is 0 Å². The largest absolute Gasteiger partial charge is 0.355 e. The third kappa shape index (κ3) is 5.18. The Balaban J connectivity index is 1.63. The maximum Gasteiger partial charge on any atom is 0.243 e. The number of sulfonamides is 1. The van der Waals surface area contributed by atoms with Crippen LogP contribution in [-0.2, 0) is 20.2 Å². The van der Waals surface area contributed by atoms with Gasteiger partial charge in [-0.15, -0.1) is 0 Å². The molecule has 3 rings (SSSR count). The molecule has 1 heterocycles. The molecule has 5 nitrogen and oxygen atoms in total. The second-order valence-electron chi connectivity index (χ2n) is 8.12. The van der Waals surface area contributed by atoms with Crippen LogP contribution in [0.3, 0.4) is 0 Å². The van der Waals surface area contributed by atoms with Crippen molar-refractivity contribution in [1.82, 2.24) is 9.62 Å². The van der Waals surface area contributed by atoms with Crippen LogP contribution in [-0.4, -0.2) is 38.3 Å². The number of rotatable bonds is 6. The second-order valence-corrected chi connectivity index (χ2v) is 10.5. The first kappa shape index (κ1) is 21.8. The smallest absolute Gasteiger partial charge is 0.243 e. The predicted octanol–water partition coefficient (Wildman–Crippen LogP) is 3.83. The predicted molar refractivity (Wildman–Crippen MR) is 115 cm³/mol. The lowest BCUT2D eigenvalue weighted by atomic mass is 9.84. The monoisotopic (exact) mass is 434 g/mol. The van der Waals surface area contributed by atoms with Gasteiger partial charge in [0.25, 0.3) is 0 Å². The minimum absolute atomic E-state index is 0.0972. The van der Waals surface area contributed by atoms with Crippen LogP contribution in [0.2, 0.25) is 5.02 Å². The number of nitrogens with zero attached hydrogens (tertiary/aromatic N) is 1. The topological polar surface area (TPSA) is 66.5 Å². The van der Waals surface area contributed by atoms with Gasteiger partial charge < -0.3 is 5.32 Å². The molecule has 1 atom stereocenters. The maximum absolute atomic E-state index is 12.9. The number of hydrogen-bond donors (Lipinski definition) is 1. The summed E-state index contributed by atoms with van der Waals surface area (Å²) in [5, 5.41) is 3.70. The Morgan fingerprint density at radius 3 is 2.45 bits per heavy atom. The van der Waals surface area contributed by atoms with Crippen LogP contribution in [0.25, 0.3) is 0 Å². The first-order chi connectivity index (χ1) is 13.7. The van der Waals surface area contributed by atoms with E-state index >= 15 is 0 Å². The number of nitrogens with one attached hydrogen (secondary N) is 1. The summed E-state index contributed by atoms with van der Waals surface area (Å²) in [6.07, 6.45) is 1.36. The fraction of sp³-hybridized carbons (Fsp3) is 0.409. The summed E-state index contributed by atoms with van der Waals surface area (Å²) < 4.78 is 27.2. The quantitative estimate of drug-likeness (QED) is 0.751. The van der Waals surface area contributed by atoms with Gasteiger partial charge in [0.2, 0.25) is 15.9 Å². The molecule has 0 radical (unpaired) electrons. The fourth-order valence-electron chi connectivity index (χ4n) is 3.57. The third-order valence-electron chi connectivity index (χ3n) is 5.47. The zero-order chi connectivity index (χ0) is 21.1. The summed E-state index contributed by atoms with van der Waals surface area (Å²) in [4.78, 5) is 13.1. The van der Waals surface area contributed by atoms with Crippen LogP contribution in [0.5, 0.6) is 0 Å². The van der Waals surface area contributed by atoms with E-state index in [-0.39, 0.29) is 28.7 Å². The molecule has 2 aromatic rings. The molecule has 1 aliphatic heterocycles. The molecule has 0 spiro atoms. The van der Waals surface area contributed by atoms with E-state index in [1.165, 1.54) is 4.31 Å². The van der Waals surface area contributed by atoms with Crippen molar-refractivity contribution in [2.75, 3.05) is 19.6 Å². The van der Waals surface area contributed by atoms with Crippen molar-refractivity contribution in [2.24, 2.45) is 5.92 Å². The minimum atomic E-state index is -3.58. The number of halogens is 1. The van der Waals surface area contributed by atoms with E-state index in [1.807, 2.05) is 24.3 Å². The van der Waals surface area contributed by atoms with Gasteiger partial charge in [0.05, 0.1) is 10.8 Å². The highest BCUT2D eigenvalue weighted by atomic mass is 35.5. The SMILES string of the molecule is CC(C)(CNC(=O)C1CCCN(S(=O)(=O)c2ccccc2)C1)c1ccc(Cl)cc1. The molecular weight excluding hydrogens is 408 g/mol. The molecule has 1 aliphatic rings. The molecule has 7 heteroatoms. The Hall–Kier alpha value is -1.89. The number of benzene rings is 2. The van der Waals surface area contributed by atoms with Gasteiger partial charge in [0.1, 0.15) is 0 Å². The summed E-state index contributed by atoms with van der Waals surface area (Å²) in [7, 11) is -3.58. The van der Waals surface area contributed by atoms with Crippen molar-refractivity contribution in [3.8, 4) is 0 Å². The number of amides is 1.